The summed E-state index contributed by atoms with van der Waals surface area (Å²) in [5.41, 5.74) is -0.344. The Morgan fingerprint density at radius 2 is 2.16 bits per heavy atom. The molecule has 2 aliphatic rings. The number of carbonyl (C=O) groups excluding carboxylic acids is 2. The van der Waals surface area contributed by atoms with E-state index >= 15 is 0 Å². The molecule has 1 unspecified atom stereocenters. The summed E-state index contributed by atoms with van der Waals surface area (Å²) >= 11 is 0. The molecule has 0 bridgehead atoms. The zero-order chi connectivity index (χ0) is 14.4. The minimum atomic E-state index is -3.65. The number of amides is 1. The van der Waals surface area contributed by atoms with E-state index in [0.717, 1.165) is 17.9 Å². The molecule has 2 heterocycles. The van der Waals surface area contributed by atoms with Crippen molar-refractivity contribution in [3.8, 4) is 0 Å². The summed E-state index contributed by atoms with van der Waals surface area (Å²) in [6.45, 7) is 0.778. The fourth-order valence-electron chi connectivity index (χ4n) is 2.13. The molecule has 19 heavy (non-hydrogen) atoms. The minimum Gasteiger partial charge on any atom is -0.477 e. The molecule has 104 valence electrons. The number of hydrogen-bond donors (Lipinski definition) is 1. The summed E-state index contributed by atoms with van der Waals surface area (Å²) in [4.78, 5) is 34.1. The first-order valence-electron chi connectivity index (χ1n) is 5.37. The maximum absolute atomic E-state index is 11.8. The highest BCUT2D eigenvalue weighted by molar-refractivity contribution is 7.92. The smallest absolute Gasteiger partial charge is 0.352 e. The summed E-state index contributed by atoms with van der Waals surface area (Å²) in [7, 11) is -3.65. The Hall–Kier alpha value is -1.90. The topological polar surface area (TPSA) is 118 Å². The molecule has 2 aliphatic heterocycles. The lowest BCUT2D eigenvalue weighted by atomic mass is 9.97. The van der Waals surface area contributed by atoms with Crippen LogP contribution < -0.4 is 0 Å². The first-order valence-corrected chi connectivity index (χ1v) is 7.08. The standard InChI is InChI=1S/C10H11NO7S/c1-5(12)18-4-6-8(13)11-7(10(14)15)2-3-19(16,17)9(6)11/h2,6,9H,3-4H2,1H3,(H,14,15)/t6?,9-/m0/s1. The van der Waals surface area contributed by atoms with Gasteiger partial charge in [0.15, 0.2) is 15.2 Å². The number of aliphatic carboxylic acids is 1. The largest absolute Gasteiger partial charge is 0.477 e. The second kappa shape index (κ2) is 4.34. The number of sulfone groups is 1. The highest BCUT2D eigenvalue weighted by Gasteiger charge is 2.58. The van der Waals surface area contributed by atoms with Gasteiger partial charge in [-0.15, -0.1) is 0 Å². The fourth-order valence-corrected chi connectivity index (χ4v) is 3.96. The van der Waals surface area contributed by atoms with Gasteiger partial charge in [0, 0.05) is 6.92 Å². The van der Waals surface area contributed by atoms with E-state index in [1.54, 1.807) is 0 Å². The fraction of sp³-hybridized carbons (Fsp3) is 0.500. The molecule has 0 spiro atoms. The van der Waals surface area contributed by atoms with Crippen LogP contribution in [0.25, 0.3) is 0 Å². The Morgan fingerprint density at radius 1 is 1.53 bits per heavy atom. The van der Waals surface area contributed by atoms with Crippen molar-refractivity contribution >= 4 is 27.7 Å². The van der Waals surface area contributed by atoms with E-state index in [1.165, 1.54) is 0 Å². The first-order chi connectivity index (χ1) is 8.75. The summed E-state index contributed by atoms with van der Waals surface area (Å²) in [6, 6.07) is 0. The van der Waals surface area contributed by atoms with Crippen molar-refractivity contribution in [2.24, 2.45) is 5.92 Å². The van der Waals surface area contributed by atoms with Crippen molar-refractivity contribution in [3.63, 3.8) is 0 Å². The molecular weight excluding hydrogens is 278 g/mol. The maximum atomic E-state index is 11.8. The van der Waals surface area contributed by atoms with Gasteiger partial charge < -0.3 is 9.84 Å². The molecule has 2 rings (SSSR count). The van der Waals surface area contributed by atoms with E-state index in [0.29, 0.717) is 0 Å². The van der Waals surface area contributed by atoms with E-state index in [-0.39, 0.29) is 12.3 Å². The monoisotopic (exact) mass is 289 g/mol. The molecule has 0 radical (unpaired) electrons. The maximum Gasteiger partial charge on any atom is 0.352 e. The summed E-state index contributed by atoms with van der Waals surface area (Å²) < 4.78 is 28.3. The number of ether oxygens (including phenoxy) is 1. The Balaban J connectivity index is 2.28. The lowest BCUT2D eigenvalue weighted by Crippen LogP contribution is -2.67. The molecule has 1 saturated heterocycles. The molecule has 1 fully saturated rings. The van der Waals surface area contributed by atoms with Crippen LogP contribution in [-0.4, -0.2) is 54.0 Å². The van der Waals surface area contributed by atoms with E-state index in [2.05, 4.69) is 4.74 Å². The number of carbonyl (C=O) groups is 3. The molecule has 0 aromatic carbocycles. The van der Waals surface area contributed by atoms with E-state index in [1.807, 2.05) is 0 Å². The number of fused-ring (bicyclic) bond motifs is 1. The molecule has 1 amide bonds. The van der Waals surface area contributed by atoms with Crippen LogP contribution in [-0.2, 0) is 29.0 Å². The van der Waals surface area contributed by atoms with E-state index < -0.39 is 44.7 Å². The van der Waals surface area contributed by atoms with Crippen LogP contribution in [0.1, 0.15) is 6.92 Å². The quantitative estimate of drug-likeness (QED) is 0.508. The first kappa shape index (κ1) is 13.5. The van der Waals surface area contributed by atoms with Gasteiger partial charge in [-0.05, 0) is 6.08 Å². The molecule has 2 atom stereocenters. The molecule has 1 N–H and O–H groups in total. The van der Waals surface area contributed by atoms with Gasteiger partial charge >= 0.3 is 11.9 Å². The Bertz CT molecular complexity index is 591. The van der Waals surface area contributed by atoms with Gasteiger partial charge in [-0.3, -0.25) is 14.5 Å². The molecule has 0 aliphatic carbocycles. The average molecular weight is 289 g/mol. The van der Waals surface area contributed by atoms with Crippen LogP contribution in [0.3, 0.4) is 0 Å². The number of hydrogen-bond acceptors (Lipinski definition) is 6. The zero-order valence-corrected chi connectivity index (χ0v) is 10.7. The zero-order valence-electron chi connectivity index (χ0n) is 9.90. The van der Waals surface area contributed by atoms with Gasteiger partial charge in [0.25, 0.3) is 0 Å². The predicted molar refractivity (Wildman–Crippen MR) is 60.3 cm³/mol. The van der Waals surface area contributed by atoms with Gasteiger partial charge in [0.1, 0.15) is 18.2 Å². The van der Waals surface area contributed by atoms with Crippen molar-refractivity contribution in [2.45, 2.75) is 12.3 Å². The lowest BCUT2D eigenvalue weighted by Gasteiger charge is -2.47. The predicted octanol–water partition coefficient (Wildman–Crippen LogP) is -1.27. The van der Waals surface area contributed by atoms with Crippen LogP contribution >= 0.6 is 0 Å². The molecule has 0 saturated carbocycles. The molecule has 0 aromatic heterocycles. The van der Waals surface area contributed by atoms with Gasteiger partial charge in [-0.25, -0.2) is 13.2 Å². The second-order valence-electron chi connectivity index (χ2n) is 4.23. The minimum absolute atomic E-state index is 0.344. The van der Waals surface area contributed by atoms with Crippen molar-refractivity contribution in [1.29, 1.82) is 0 Å². The van der Waals surface area contributed by atoms with Gasteiger partial charge in [0.2, 0.25) is 5.91 Å². The lowest BCUT2D eigenvalue weighted by molar-refractivity contribution is -0.159. The Morgan fingerprint density at radius 3 is 2.68 bits per heavy atom. The van der Waals surface area contributed by atoms with Crippen LogP contribution in [0.5, 0.6) is 0 Å². The van der Waals surface area contributed by atoms with Gasteiger partial charge in [-0.2, -0.15) is 0 Å². The third-order valence-electron chi connectivity index (χ3n) is 2.98. The molecular formula is C10H11NO7S. The van der Waals surface area contributed by atoms with Gasteiger partial charge in [-0.1, -0.05) is 0 Å². The van der Waals surface area contributed by atoms with Crippen molar-refractivity contribution in [3.05, 3.63) is 11.8 Å². The van der Waals surface area contributed by atoms with E-state index in [9.17, 15) is 22.8 Å². The summed E-state index contributed by atoms with van der Waals surface area (Å²) in [5, 5.41) is 7.66. The number of nitrogens with zero attached hydrogens (tertiary/aromatic N) is 1. The summed E-state index contributed by atoms with van der Waals surface area (Å²) in [6.07, 6.45) is 0.994. The number of esters is 1. The van der Waals surface area contributed by atoms with Crippen LogP contribution in [0.4, 0.5) is 0 Å². The molecule has 8 nitrogen and oxygen atoms in total. The Labute approximate surface area is 108 Å². The Kier molecular flexibility index (Phi) is 3.09. The normalized spacial score (nSPS) is 27.9. The number of carboxylic acids is 1. The highest BCUT2D eigenvalue weighted by atomic mass is 32.2. The van der Waals surface area contributed by atoms with E-state index in [4.69, 9.17) is 5.11 Å². The third-order valence-corrected chi connectivity index (χ3v) is 4.88. The van der Waals surface area contributed by atoms with Crippen LogP contribution in [0.15, 0.2) is 11.8 Å². The molecule has 0 aromatic rings. The van der Waals surface area contributed by atoms with Gasteiger partial charge in [0.05, 0.1) is 5.75 Å². The van der Waals surface area contributed by atoms with Crippen LogP contribution in [0, 0.1) is 5.92 Å². The van der Waals surface area contributed by atoms with Crippen molar-refractivity contribution in [1.82, 2.24) is 4.90 Å². The third kappa shape index (κ3) is 2.09. The SMILES string of the molecule is CC(=O)OCC1C(=O)N2C(C(=O)O)=CCS(=O)(=O)[C@@H]12. The summed E-state index contributed by atoms with van der Waals surface area (Å²) in [5.74, 6) is -4.13. The van der Waals surface area contributed by atoms with Crippen molar-refractivity contribution in [2.75, 3.05) is 12.4 Å². The highest BCUT2D eigenvalue weighted by Crippen LogP contribution is 2.38. The molecule has 9 heteroatoms. The second-order valence-corrected chi connectivity index (χ2v) is 6.37. The average Bonchev–Trinajstić information content (AvgIpc) is 2.28. The number of carboxylic acid groups (broad SMARTS) is 1. The number of rotatable bonds is 3. The van der Waals surface area contributed by atoms with Crippen LogP contribution in [0.2, 0.25) is 0 Å². The number of β-lactam (4-membered cyclic amide) rings is 1. The van der Waals surface area contributed by atoms with Crippen molar-refractivity contribution < 1.29 is 32.6 Å².